The Morgan fingerprint density at radius 3 is 2.36 bits per heavy atom. The molecule has 0 aromatic heterocycles. The second-order valence-corrected chi connectivity index (χ2v) is 6.04. The van der Waals surface area contributed by atoms with Crippen molar-refractivity contribution in [3.63, 3.8) is 0 Å². The highest BCUT2D eigenvalue weighted by molar-refractivity contribution is 8.00. The van der Waals surface area contributed by atoms with Crippen LogP contribution in [0.1, 0.15) is 0 Å². The van der Waals surface area contributed by atoms with E-state index in [1.807, 2.05) is 6.07 Å². The van der Waals surface area contributed by atoms with E-state index in [0.717, 1.165) is 9.80 Å². The average Bonchev–Trinajstić information content (AvgIpc) is 2.91. The van der Waals surface area contributed by atoms with Crippen molar-refractivity contribution >= 4 is 23.6 Å². The topological polar surface area (TPSA) is 57.6 Å². The molecule has 2 atom stereocenters. The van der Waals surface area contributed by atoms with Crippen molar-refractivity contribution in [1.82, 2.24) is 4.90 Å². The van der Waals surface area contributed by atoms with E-state index in [9.17, 15) is 22.8 Å². The van der Waals surface area contributed by atoms with E-state index >= 15 is 0 Å². The molecule has 4 nitrogen and oxygen atoms in total. The molecule has 2 rings (SSSR count). The molecule has 0 bridgehead atoms. The van der Waals surface area contributed by atoms with Crippen molar-refractivity contribution in [3.8, 4) is 0 Å². The summed E-state index contributed by atoms with van der Waals surface area (Å²) in [7, 11) is 0. The highest BCUT2D eigenvalue weighted by Gasteiger charge is 2.53. The average molecular weight is 333 g/mol. The van der Waals surface area contributed by atoms with Gasteiger partial charge in [-0.25, -0.2) is 0 Å². The zero-order valence-electron chi connectivity index (χ0n) is 11.4. The molecule has 0 aliphatic carbocycles. The number of likely N-dealkylation sites (tertiary alicyclic amines) is 1. The summed E-state index contributed by atoms with van der Waals surface area (Å²) < 4.78 is 38.6. The second kappa shape index (κ2) is 6.60. The monoisotopic (exact) mass is 333 g/mol. The van der Waals surface area contributed by atoms with Crippen molar-refractivity contribution in [2.24, 2.45) is 11.8 Å². The van der Waals surface area contributed by atoms with Crippen LogP contribution in [0.15, 0.2) is 35.2 Å². The number of alkyl halides is 3. The van der Waals surface area contributed by atoms with Crippen molar-refractivity contribution in [2.45, 2.75) is 11.1 Å². The van der Waals surface area contributed by atoms with Gasteiger partial charge in [0, 0.05) is 18.0 Å². The van der Waals surface area contributed by atoms with Crippen molar-refractivity contribution < 1.29 is 27.9 Å². The standard InChI is InChI=1S/C14H14F3NO3S/c15-14(16,17)11-7-18(6-10(11)13(20)21)12(19)8-22-9-4-2-1-3-5-9/h1-5,10-11H,6-8H2,(H,20,21)/t10-,11-/m1/s1. The first-order chi connectivity index (χ1) is 10.3. The van der Waals surface area contributed by atoms with Crippen molar-refractivity contribution in [1.29, 1.82) is 0 Å². The molecule has 0 radical (unpaired) electrons. The first-order valence-corrected chi connectivity index (χ1v) is 7.52. The Morgan fingerprint density at radius 1 is 1.23 bits per heavy atom. The molecule has 22 heavy (non-hydrogen) atoms. The van der Waals surface area contributed by atoms with Gasteiger partial charge in [0.2, 0.25) is 5.91 Å². The molecule has 120 valence electrons. The summed E-state index contributed by atoms with van der Waals surface area (Å²) >= 11 is 1.21. The lowest BCUT2D eigenvalue weighted by Gasteiger charge is -2.18. The molecular weight excluding hydrogens is 319 g/mol. The number of halogens is 3. The van der Waals surface area contributed by atoms with Crippen LogP contribution in [0.4, 0.5) is 13.2 Å². The zero-order chi connectivity index (χ0) is 16.3. The molecule has 1 aromatic carbocycles. The lowest BCUT2D eigenvalue weighted by molar-refractivity contribution is -0.188. The molecule has 1 N–H and O–H groups in total. The zero-order valence-corrected chi connectivity index (χ0v) is 12.2. The number of carbonyl (C=O) groups is 2. The van der Waals surface area contributed by atoms with Crippen molar-refractivity contribution in [2.75, 3.05) is 18.8 Å². The molecular formula is C14H14F3NO3S. The summed E-state index contributed by atoms with van der Waals surface area (Å²) in [5.41, 5.74) is 0. The van der Waals surface area contributed by atoms with E-state index < -0.39 is 43.0 Å². The lowest BCUT2D eigenvalue weighted by Crippen LogP contribution is -2.34. The third-order valence-electron chi connectivity index (χ3n) is 3.52. The number of carboxylic acid groups (broad SMARTS) is 1. The Morgan fingerprint density at radius 2 is 1.86 bits per heavy atom. The number of aliphatic carboxylic acids is 1. The molecule has 1 aliphatic heterocycles. The summed E-state index contributed by atoms with van der Waals surface area (Å²) in [6, 6.07) is 8.99. The minimum Gasteiger partial charge on any atom is -0.481 e. The van der Waals surface area contributed by atoms with Gasteiger partial charge < -0.3 is 10.0 Å². The molecule has 1 aliphatic rings. The van der Waals surface area contributed by atoms with Gasteiger partial charge in [0.15, 0.2) is 0 Å². The van der Waals surface area contributed by atoms with E-state index in [1.54, 1.807) is 24.3 Å². The third-order valence-corrected chi connectivity index (χ3v) is 4.51. The van der Waals surface area contributed by atoms with Gasteiger partial charge in [-0.15, -0.1) is 11.8 Å². The molecule has 1 aromatic rings. The molecule has 0 unspecified atom stereocenters. The minimum atomic E-state index is -4.62. The van der Waals surface area contributed by atoms with Crippen LogP contribution in [0.2, 0.25) is 0 Å². The van der Waals surface area contributed by atoms with E-state index in [-0.39, 0.29) is 5.75 Å². The van der Waals surface area contributed by atoms with Crippen LogP contribution in [0, 0.1) is 11.8 Å². The summed E-state index contributed by atoms with van der Waals surface area (Å²) in [4.78, 5) is 24.8. The van der Waals surface area contributed by atoms with Crippen LogP contribution in [-0.4, -0.2) is 46.9 Å². The number of amides is 1. The van der Waals surface area contributed by atoms with Gasteiger partial charge in [0.25, 0.3) is 0 Å². The summed E-state index contributed by atoms with van der Waals surface area (Å²) in [5, 5.41) is 8.91. The summed E-state index contributed by atoms with van der Waals surface area (Å²) in [6.07, 6.45) is -4.62. The number of rotatable bonds is 4. The first-order valence-electron chi connectivity index (χ1n) is 6.54. The van der Waals surface area contributed by atoms with E-state index in [1.165, 1.54) is 11.8 Å². The van der Waals surface area contributed by atoms with Gasteiger partial charge in [0.05, 0.1) is 17.6 Å². The largest absolute Gasteiger partial charge is 0.481 e. The van der Waals surface area contributed by atoms with Crippen LogP contribution in [0.3, 0.4) is 0 Å². The highest BCUT2D eigenvalue weighted by Crippen LogP contribution is 2.38. The van der Waals surface area contributed by atoms with Gasteiger partial charge in [-0.1, -0.05) is 18.2 Å². The maximum absolute atomic E-state index is 12.9. The van der Waals surface area contributed by atoms with Crippen LogP contribution in [-0.2, 0) is 9.59 Å². The number of carboxylic acids is 1. The highest BCUT2D eigenvalue weighted by atomic mass is 32.2. The Labute approximate surface area is 129 Å². The first kappa shape index (κ1) is 16.7. The van der Waals surface area contributed by atoms with E-state index in [2.05, 4.69) is 0 Å². The summed E-state index contributed by atoms with van der Waals surface area (Å²) in [5.74, 6) is -5.61. The van der Waals surface area contributed by atoms with Gasteiger partial charge >= 0.3 is 12.1 Å². The number of nitrogens with zero attached hydrogens (tertiary/aromatic N) is 1. The molecule has 1 fully saturated rings. The van der Waals surface area contributed by atoms with Gasteiger partial charge in [-0.2, -0.15) is 13.2 Å². The van der Waals surface area contributed by atoms with Crippen LogP contribution in [0.25, 0.3) is 0 Å². The second-order valence-electron chi connectivity index (χ2n) is 4.99. The minimum absolute atomic E-state index is 0.0130. The smallest absolute Gasteiger partial charge is 0.394 e. The number of hydrogen-bond acceptors (Lipinski definition) is 3. The molecule has 1 amide bonds. The third kappa shape index (κ3) is 3.94. The SMILES string of the molecule is O=C(O)[C@@H]1CN(C(=O)CSc2ccccc2)C[C@H]1C(F)(F)F. The maximum Gasteiger partial charge on any atom is 0.394 e. The predicted octanol–water partition coefficient (Wildman–Crippen LogP) is 2.50. The fourth-order valence-electron chi connectivity index (χ4n) is 2.34. The number of thioether (sulfide) groups is 1. The normalized spacial score (nSPS) is 21.9. The quantitative estimate of drug-likeness (QED) is 0.860. The molecule has 1 heterocycles. The number of hydrogen-bond donors (Lipinski definition) is 1. The number of carbonyl (C=O) groups excluding carboxylic acids is 1. The van der Waals surface area contributed by atoms with Gasteiger partial charge in [-0.3, -0.25) is 9.59 Å². The van der Waals surface area contributed by atoms with E-state index in [0.29, 0.717) is 0 Å². The molecule has 8 heteroatoms. The maximum atomic E-state index is 12.9. The van der Waals surface area contributed by atoms with E-state index in [4.69, 9.17) is 5.11 Å². The molecule has 0 saturated carbocycles. The van der Waals surface area contributed by atoms with Crippen LogP contribution in [0.5, 0.6) is 0 Å². The molecule has 0 spiro atoms. The summed E-state index contributed by atoms with van der Waals surface area (Å²) in [6.45, 7) is -0.984. The predicted molar refractivity (Wildman–Crippen MR) is 74.4 cm³/mol. The number of benzene rings is 1. The Balaban J connectivity index is 1.98. The van der Waals surface area contributed by atoms with Crippen LogP contribution >= 0.6 is 11.8 Å². The van der Waals surface area contributed by atoms with Gasteiger partial charge in [0.1, 0.15) is 0 Å². The lowest BCUT2D eigenvalue weighted by atomic mass is 9.96. The fraction of sp³-hybridized carbons (Fsp3) is 0.429. The van der Waals surface area contributed by atoms with Gasteiger partial charge in [-0.05, 0) is 12.1 Å². The molecule has 1 saturated heterocycles. The Kier molecular flexibility index (Phi) is 5.00. The fourth-order valence-corrected chi connectivity index (χ4v) is 3.16. The van der Waals surface area contributed by atoms with Crippen LogP contribution < -0.4 is 0 Å². The Hall–Kier alpha value is -1.70. The Bertz CT molecular complexity index is 550. The van der Waals surface area contributed by atoms with Crippen molar-refractivity contribution in [3.05, 3.63) is 30.3 Å².